The van der Waals surface area contributed by atoms with Crippen LogP contribution in [0.4, 0.5) is 19.0 Å². The van der Waals surface area contributed by atoms with Crippen molar-refractivity contribution in [3.05, 3.63) is 21.7 Å². The molecule has 0 atom stereocenters. The highest BCUT2D eigenvalue weighted by Crippen LogP contribution is 2.34. The third-order valence-electron chi connectivity index (χ3n) is 1.55. The lowest BCUT2D eigenvalue weighted by Gasteiger charge is -2.07. The normalized spacial score (nSPS) is 11.3. The third-order valence-corrected chi connectivity index (χ3v) is 1.84. The Morgan fingerprint density at radius 2 is 2.18 bits per heavy atom. The van der Waals surface area contributed by atoms with Crippen LogP contribution in [0.15, 0.2) is 6.07 Å². The minimum absolute atomic E-state index is 0.219. The Morgan fingerprint density at radius 3 is 2.59 bits per heavy atom. The minimum atomic E-state index is -5.11. The number of nitro groups is 1. The van der Waals surface area contributed by atoms with E-state index >= 15 is 0 Å². The molecule has 1 heterocycles. The van der Waals surface area contributed by atoms with Gasteiger partial charge in [-0.3, -0.25) is 0 Å². The van der Waals surface area contributed by atoms with Gasteiger partial charge < -0.3 is 20.0 Å². The lowest BCUT2D eigenvalue weighted by molar-refractivity contribution is -0.390. The molecule has 0 bridgehead atoms. The molecule has 1 N–H and O–H groups in total. The lowest BCUT2D eigenvalue weighted by Crippen LogP contribution is -2.18. The van der Waals surface area contributed by atoms with Gasteiger partial charge in [-0.1, -0.05) is 0 Å². The summed E-state index contributed by atoms with van der Waals surface area (Å²) in [4.78, 5) is 12.4. The molecular weight excluding hydrogens is 269 g/mol. The number of hydrogen-bond acceptors (Lipinski definition) is 5. The summed E-state index contributed by atoms with van der Waals surface area (Å²) in [6.45, 7) is 0. The second-order valence-electron chi connectivity index (χ2n) is 2.73. The van der Waals surface area contributed by atoms with Crippen molar-refractivity contribution in [3.63, 3.8) is 0 Å². The largest absolute Gasteiger partial charge is 0.575 e. The van der Waals surface area contributed by atoms with E-state index in [0.717, 1.165) is 0 Å². The highest BCUT2D eigenvalue weighted by molar-refractivity contribution is 6.17. The first kappa shape index (κ1) is 13.3. The molecule has 6 nitrogen and oxygen atoms in total. The average Bonchev–Trinajstić information content (AvgIpc) is 2.18. The molecule has 0 spiro atoms. The molecule has 0 radical (unpaired) electrons. The van der Waals surface area contributed by atoms with Gasteiger partial charge in [0.25, 0.3) is 0 Å². The fourth-order valence-corrected chi connectivity index (χ4v) is 1.15. The van der Waals surface area contributed by atoms with E-state index in [1.807, 2.05) is 0 Å². The number of rotatable bonds is 3. The number of aromatic nitrogens is 1. The molecule has 0 aliphatic rings. The van der Waals surface area contributed by atoms with Crippen molar-refractivity contribution in [2.45, 2.75) is 12.2 Å². The molecule has 0 unspecified atom stereocenters. The maximum Gasteiger partial charge on any atom is 0.575 e. The van der Waals surface area contributed by atoms with E-state index in [1.54, 1.807) is 0 Å². The van der Waals surface area contributed by atoms with E-state index in [-0.39, 0.29) is 11.4 Å². The molecule has 0 aliphatic carbocycles. The zero-order chi connectivity index (χ0) is 13.2. The highest BCUT2D eigenvalue weighted by atomic mass is 35.5. The summed E-state index contributed by atoms with van der Waals surface area (Å²) in [7, 11) is 0. The predicted molar refractivity (Wildman–Crippen MR) is 48.8 cm³/mol. The van der Waals surface area contributed by atoms with E-state index in [0.29, 0.717) is 6.07 Å². The number of alkyl halides is 4. The molecule has 1 aromatic heterocycles. The molecule has 0 aromatic carbocycles. The van der Waals surface area contributed by atoms with E-state index in [2.05, 4.69) is 9.72 Å². The molecule has 0 aliphatic heterocycles. The topological polar surface area (TPSA) is 85.5 Å². The monoisotopic (exact) mass is 272 g/mol. The van der Waals surface area contributed by atoms with Gasteiger partial charge in [0.2, 0.25) is 5.75 Å². The van der Waals surface area contributed by atoms with Crippen molar-refractivity contribution in [1.29, 1.82) is 0 Å². The Morgan fingerprint density at radius 1 is 1.59 bits per heavy atom. The Bertz CT molecular complexity index is 451. The molecule has 1 aromatic rings. The van der Waals surface area contributed by atoms with E-state index in [4.69, 9.17) is 16.7 Å². The van der Waals surface area contributed by atoms with Crippen LogP contribution in [0, 0.1) is 10.1 Å². The van der Waals surface area contributed by atoms with Gasteiger partial charge in [0.15, 0.2) is 0 Å². The van der Waals surface area contributed by atoms with E-state index in [1.165, 1.54) is 0 Å². The van der Waals surface area contributed by atoms with Crippen LogP contribution in [0.25, 0.3) is 0 Å². The Balaban J connectivity index is 3.25. The van der Waals surface area contributed by atoms with Crippen molar-refractivity contribution in [2.24, 2.45) is 0 Å². The summed E-state index contributed by atoms with van der Waals surface area (Å²) < 4.78 is 38.9. The summed E-state index contributed by atoms with van der Waals surface area (Å²) in [6.07, 6.45) is -5.11. The maximum atomic E-state index is 11.9. The van der Waals surface area contributed by atoms with Gasteiger partial charge in [-0.25, -0.2) is 0 Å². The maximum absolute atomic E-state index is 11.9. The second-order valence-corrected chi connectivity index (χ2v) is 3.00. The molecule has 17 heavy (non-hydrogen) atoms. The molecule has 94 valence electrons. The Kier molecular flexibility index (Phi) is 3.61. The van der Waals surface area contributed by atoms with Crippen LogP contribution in [0.1, 0.15) is 5.56 Å². The summed E-state index contributed by atoms with van der Waals surface area (Å²) in [5.41, 5.74) is -0.219. The van der Waals surface area contributed by atoms with E-state index < -0.39 is 28.7 Å². The summed E-state index contributed by atoms with van der Waals surface area (Å²) in [5, 5.41) is 19.6. The van der Waals surface area contributed by atoms with Crippen LogP contribution < -0.4 is 4.74 Å². The minimum Gasteiger partial charge on any atom is -0.501 e. The molecule has 1 rings (SSSR count). The Hall–Kier alpha value is -1.77. The van der Waals surface area contributed by atoms with Crippen molar-refractivity contribution in [3.8, 4) is 11.6 Å². The van der Waals surface area contributed by atoms with Crippen LogP contribution in [0.3, 0.4) is 0 Å². The van der Waals surface area contributed by atoms with Gasteiger partial charge >= 0.3 is 18.1 Å². The number of aromatic hydroxyl groups is 1. The van der Waals surface area contributed by atoms with Gasteiger partial charge in [0.05, 0.1) is 11.4 Å². The van der Waals surface area contributed by atoms with Gasteiger partial charge in [-0.2, -0.15) is 0 Å². The highest BCUT2D eigenvalue weighted by Gasteiger charge is 2.36. The molecule has 0 saturated heterocycles. The van der Waals surface area contributed by atoms with Crippen molar-refractivity contribution >= 4 is 17.4 Å². The number of hydrogen-bond donors (Lipinski definition) is 1. The zero-order valence-electron chi connectivity index (χ0n) is 7.86. The fraction of sp³-hybridized carbons (Fsp3) is 0.286. The van der Waals surface area contributed by atoms with Crippen molar-refractivity contribution in [1.82, 2.24) is 4.98 Å². The molecule has 10 heteroatoms. The SMILES string of the molecule is O=[N+]([O-])c1nc(OC(F)(F)F)c(O)cc1CCl. The number of halogens is 4. The van der Waals surface area contributed by atoms with Crippen LogP contribution in [-0.4, -0.2) is 21.4 Å². The van der Waals surface area contributed by atoms with Gasteiger partial charge in [-0.15, -0.1) is 24.8 Å². The van der Waals surface area contributed by atoms with Crippen LogP contribution in [0.5, 0.6) is 11.6 Å². The van der Waals surface area contributed by atoms with Crippen molar-refractivity contribution < 1.29 is 27.9 Å². The summed E-state index contributed by atoms with van der Waals surface area (Å²) in [5.74, 6) is -3.57. The van der Waals surface area contributed by atoms with Crippen LogP contribution in [0.2, 0.25) is 0 Å². The summed E-state index contributed by atoms with van der Waals surface area (Å²) >= 11 is 5.31. The van der Waals surface area contributed by atoms with Gasteiger partial charge in [-0.05, 0) is 4.92 Å². The predicted octanol–water partition coefficient (Wildman–Crippen LogP) is 2.33. The number of ether oxygens (including phenoxy) is 1. The van der Waals surface area contributed by atoms with Gasteiger partial charge in [0.1, 0.15) is 0 Å². The average molecular weight is 273 g/mol. The molecule has 0 saturated carbocycles. The van der Waals surface area contributed by atoms with Crippen molar-refractivity contribution in [2.75, 3.05) is 0 Å². The van der Waals surface area contributed by atoms with Gasteiger partial charge in [0, 0.05) is 11.1 Å². The number of pyridine rings is 1. The smallest absolute Gasteiger partial charge is 0.501 e. The lowest BCUT2D eigenvalue weighted by atomic mass is 10.3. The number of nitrogens with zero attached hydrogens (tertiary/aromatic N) is 2. The molecule has 0 amide bonds. The zero-order valence-corrected chi connectivity index (χ0v) is 8.62. The third kappa shape index (κ3) is 3.34. The van der Waals surface area contributed by atoms with E-state index in [9.17, 15) is 23.3 Å². The fourth-order valence-electron chi connectivity index (χ4n) is 0.958. The van der Waals surface area contributed by atoms with Crippen LogP contribution in [-0.2, 0) is 5.88 Å². The first-order valence-electron chi connectivity index (χ1n) is 3.93. The standard InChI is InChI=1S/C7H4ClF3N2O4/c8-2-3-1-4(14)6(17-7(9,10)11)12-5(3)13(15)16/h1,14H,2H2. The molecular formula is C7H4ClF3N2O4. The second kappa shape index (κ2) is 4.62. The quantitative estimate of drug-likeness (QED) is 0.518. The van der Waals surface area contributed by atoms with Crippen LogP contribution >= 0.6 is 11.6 Å². The summed E-state index contributed by atoms with van der Waals surface area (Å²) in [6, 6.07) is 0.694. The molecule has 0 fully saturated rings. The first-order chi connectivity index (χ1) is 7.74. The first-order valence-corrected chi connectivity index (χ1v) is 4.47. The Labute approximate surface area is 96.7 Å².